The van der Waals surface area contributed by atoms with E-state index in [0.29, 0.717) is 18.6 Å². The molecule has 0 aliphatic heterocycles. The number of rotatable bonds is 10. The van der Waals surface area contributed by atoms with E-state index in [4.69, 9.17) is 0 Å². The van der Waals surface area contributed by atoms with Crippen LogP contribution in [0, 0.1) is 0 Å². The maximum atomic E-state index is 2.30. The van der Waals surface area contributed by atoms with Crippen molar-refractivity contribution >= 4 is 9.90 Å². The molecule has 0 fully saturated rings. The predicted octanol–water partition coefficient (Wildman–Crippen LogP) is 5.93. The first kappa shape index (κ1) is 17.5. The molecule has 14 heavy (non-hydrogen) atoms. The van der Waals surface area contributed by atoms with Gasteiger partial charge in [-0.25, -0.2) is 0 Å². The minimum atomic E-state index is 0. The second-order valence-electron chi connectivity index (χ2n) is 3.73. The van der Waals surface area contributed by atoms with Gasteiger partial charge in [-0.2, -0.15) is 0 Å². The Morgan fingerprint density at radius 2 is 1.14 bits per heavy atom. The summed E-state index contributed by atoms with van der Waals surface area (Å²) in [4.78, 5) is 3.20. The molecule has 0 nitrogen and oxygen atoms in total. The van der Waals surface area contributed by atoms with Gasteiger partial charge < -0.3 is 0 Å². The molecule has 2 heteroatoms. The Balaban J connectivity index is 0. The third-order valence-electron chi connectivity index (χ3n) is 2.28. The van der Waals surface area contributed by atoms with Gasteiger partial charge in [0.15, 0.2) is 0 Å². The van der Waals surface area contributed by atoms with Crippen molar-refractivity contribution in [2.45, 2.75) is 74.8 Å². The average molecular weight is 297 g/mol. The molecule has 85 valence electrons. The Bertz CT molecular complexity index is 76.4. The molecule has 3 radical (unpaired) electrons. The summed E-state index contributed by atoms with van der Waals surface area (Å²) in [6.45, 7) is 4.59. The first-order valence-electron chi connectivity index (χ1n) is 5.99. The number of hydrogen-bond acceptors (Lipinski definition) is 0. The van der Waals surface area contributed by atoms with Gasteiger partial charge in [0, 0.05) is 9.90 Å². The Morgan fingerprint density at radius 1 is 0.643 bits per heavy atom. The molecule has 0 rings (SSSR count). The Labute approximate surface area is 103 Å². The van der Waals surface area contributed by atoms with Gasteiger partial charge in [-0.1, -0.05) is 0 Å². The molecule has 0 atom stereocenters. The van der Waals surface area contributed by atoms with Crippen molar-refractivity contribution in [3.63, 3.8) is 0 Å². The molecule has 0 unspecified atom stereocenters. The topological polar surface area (TPSA) is 0 Å². The monoisotopic (exact) mass is 299 g/mol. The van der Waals surface area contributed by atoms with Crippen molar-refractivity contribution in [3.8, 4) is 0 Å². The second kappa shape index (κ2) is 16.5. The maximum absolute atomic E-state index is 2.30. The molecule has 0 aliphatic rings. The Morgan fingerprint density at radius 3 is 1.79 bits per heavy atom. The van der Waals surface area contributed by atoms with E-state index in [-0.39, 0.29) is 9.90 Å². The van der Waals surface area contributed by atoms with Gasteiger partial charge in [-0.05, 0) is 0 Å². The Hall–Kier alpha value is 1.12. The number of hydrogen-bond donors (Lipinski definition) is 0. The molecule has 0 N–H and O–H groups in total. The zero-order chi connectivity index (χ0) is 9.78. The molecule has 0 aromatic carbocycles. The minimum absolute atomic E-state index is 0. The first-order valence-corrected chi connectivity index (χ1v) is 8.83. The molecule has 0 saturated carbocycles. The second-order valence-corrected chi connectivity index (χ2v) is 6.74. The summed E-state index contributed by atoms with van der Waals surface area (Å²) in [7, 11) is 0. The van der Waals surface area contributed by atoms with Crippen LogP contribution >= 0.6 is 9.90 Å². The first-order chi connectivity index (χ1) is 6.41. The molecule has 0 heterocycles. The zero-order valence-electron chi connectivity index (χ0n) is 9.93. The molecule has 0 saturated heterocycles. The number of unbranched alkanes of at least 4 members (excludes halogenated alkanes) is 6. The van der Waals surface area contributed by atoms with E-state index in [1.165, 1.54) is 51.4 Å². The van der Waals surface area contributed by atoms with E-state index >= 15 is 0 Å². The fourth-order valence-electron chi connectivity index (χ4n) is 1.33. The smallest absolute Gasteiger partial charge is 0 e. The van der Waals surface area contributed by atoms with E-state index in [9.17, 15) is 0 Å². The molecule has 0 bridgehead atoms. The van der Waals surface area contributed by atoms with Crippen LogP contribution in [0.3, 0.4) is 0 Å². The van der Waals surface area contributed by atoms with E-state index in [1.807, 2.05) is 0 Å². The van der Waals surface area contributed by atoms with Crippen LogP contribution in [0.4, 0.5) is 0 Å². The van der Waals surface area contributed by atoms with Gasteiger partial charge in [0.2, 0.25) is 0 Å². The molecule has 0 aromatic heterocycles. The molecular formula is C12H26MoP. The van der Waals surface area contributed by atoms with Crippen LogP contribution in [0.5, 0.6) is 0 Å². The summed E-state index contributed by atoms with van der Waals surface area (Å²) in [5, 5.41) is 0. The third kappa shape index (κ3) is 15.6. The van der Waals surface area contributed by atoms with Gasteiger partial charge in [0.1, 0.15) is 0 Å². The van der Waals surface area contributed by atoms with Gasteiger partial charge >= 0.3 is 93.4 Å². The van der Waals surface area contributed by atoms with Crippen LogP contribution in [0.2, 0.25) is 9.62 Å². The molecule has 0 spiro atoms. The maximum Gasteiger partial charge on any atom is 0 e. The van der Waals surface area contributed by atoms with Crippen molar-refractivity contribution in [2.24, 2.45) is 0 Å². The summed E-state index contributed by atoms with van der Waals surface area (Å²) in [5.74, 6) is 0. The SMILES string of the molecule is CCCCCCC[CH2][Mo][CH2]CCC.[P]. The molecule has 0 aromatic rings. The van der Waals surface area contributed by atoms with Gasteiger partial charge in [0.05, 0.1) is 0 Å². The van der Waals surface area contributed by atoms with Crippen LogP contribution in [0.15, 0.2) is 0 Å². The summed E-state index contributed by atoms with van der Waals surface area (Å²) in [6.07, 6.45) is 11.8. The quantitative estimate of drug-likeness (QED) is 0.266. The molecule has 0 amide bonds. The average Bonchev–Trinajstić information content (AvgIpc) is 2.16. The van der Waals surface area contributed by atoms with Crippen molar-refractivity contribution in [2.75, 3.05) is 0 Å². The fourth-order valence-corrected chi connectivity index (χ4v) is 4.05. The zero-order valence-corrected chi connectivity index (χ0v) is 12.8. The van der Waals surface area contributed by atoms with Crippen molar-refractivity contribution in [1.82, 2.24) is 0 Å². The van der Waals surface area contributed by atoms with Crippen LogP contribution in [-0.4, -0.2) is 0 Å². The Kier molecular flexibility index (Phi) is 20.7. The summed E-state index contributed by atoms with van der Waals surface area (Å²) in [5.41, 5.74) is 0. The van der Waals surface area contributed by atoms with Crippen molar-refractivity contribution in [3.05, 3.63) is 0 Å². The van der Waals surface area contributed by atoms with Gasteiger partial charge in [-0.15, -0.1) is 0 Å². The summed E-state index contributed by atoms with van der Waals surface area (Å²) in [6, 6.07) is 0. The van der Waals surface area contributed by atoms with Crippen LogP contribution < -0.4 is 0 Å². The summed E-state index contributed by atoms with van der Waals surface area (Å²) < 4.78 is 0. The molecular weight excluding hydrogens is 271 g/mol. The van der Waals surface area contributed by atoms with E-state index in [1.54, 1.807) is 9.62 Å². The van der Waals surface area contributed by atoms with Crippen LogP contribution in [0.1, 0.15) is 65.2 Å². The largest absolute Gasteiger partial charge is 0 e. The summed E-state index contributed by atoms with van der Waals surface area (Å²) >= 11 is 0.432. The van der Waals surface area contributed by atoms with Crippen LogP contribution in [-0.2, 0) is 18.6 Å². The van der Waals surface area contributed by atoms with Gasteiger partial charge in [-0.3, -0.25) is 0 Å². The van der Waals surface area contributed by atoms with E-state index in [2.05, 4.69) is 13.8 Å². The fraction of sp³-hybridized carbons (Fsp3) is 1.00. The van der Waals surface area contributed by atoms with E-state index < -0.39 is 0 Å². The third-order valence-corrected chi connectivity index (χ3v) is 5.12. The van der Waals surface area contributed by atoms with Crippen molar-refractivity contribution in [1.29, 1.82) is 0 Å². The standard InChI is InChI=1S/C8H17.C4H9.Mo.P/c1-3-5-7-8-6-4-2;1-3-4-2;;/h1,3-8H2,2H3;1,3-4H2,2H3;;. The normalized spacial score (nSPS) is 9.86. The van der Waals surface area contributed by atoms with E-state index in [0.717, 1.165) is 0 Å². The molecule has 0 aliphatic carbocycles. The van der Waals surface area contributed by atoms with Gasteiger partial charge in [0.25, 0.3) is 0 Å². The van der Waals surface area contributed by atoms with Crippen molar-refractivity contribution < 1.29 is 18.6 Å². The predicted molar refractivity (Wildman–Crippen MR) is 64.8 cm³/mol. The minimum Gasteiger partial charge on any atom is 0 e. The van der Waals surface area contributed by atoms with Crippen LogP contribution in [0.25, 0.3) is 0 Å².